The SMILES string of the molecule is Cc1nn(C)c(Cl)c1C(=O)c1cccc(Cl)c1. The first-order valence-electron chi connectivity index (χ1n) is 5.00. The number of aryl methyl sites for hydroxylation is 2. The lowest BCUT2D eigenvalue weighted by atomic mass is 10.0. The molecule has 0 aliphatic carbocycles. The fraction of sp³-hybridized carbons (Fsp3) is 0.167. The van der Waals surface area contributed by atoms with Crippen molar-refractivity contribution in [3.8, 4) is 0 Å². The topological polar surface area (TPSA) is 34.9 Å². The molecule has 0 spiro atoms. The Morgan fingerprint density at radius 3 is 2.59 bits per heavy atom. The largest absolute Gasteiger partial charge is 0.288 e. The number of rotatable bonds is 2. The van der Waals surface area contributed by atoms with E-state index in [1.807, 2.05) is 0 Å². The predicted molar refractivity (Wildman–Crippen MR) is 67.8 cm³/mol. The molecule has 0 radical (unpaired) electrons. The van der Waals surface area contributed by atoms with Crippen molar-refractivity contribution in [3.63, 3.8) is 0 Å². The number of hydrogen-bond acceptors (Lipinski definition) is 2. The Morgan fingerprint density at radius 1 is 1.35 bits per heavy atom. The molecule has 0 atom stereocenters. The van der Waals surface area contributed by atoms with Gasteiger partial charge >= 0.3 is 0 Å². The summed E-state index contributed by atoms with van der Waals surface area (Å²) in [5, 5.41) is 4.97. The van der Waals surface area contributed by atoms with Crippen molar-refractivity contribution in [3.05, 3.63) is 51.3 Å². The van der Waals surface area contributed by atoms with Crippen molar-refractivity contribution in [1.29, 1.82) is 0 Å². The van der Waals surface area contributed by atoms with Crippen LogP contribution in [0.1, 0.15) is 21.6 Å². The molecule has 1 aromatic carbocycles. The molecule has 2 rings (SSSR count). The van der Waals surface area contributed by atoms with E-state index in [4.69, 9.17) is 23.2 Å². The molecule has 0 bridgehead atoms. The molecule has 0 N–H and O–H groups in total. The molecule has 0 aliphatic heterocycles. The zero-order valence-corrected chi connectivity index (χ0v) is 10.9. The van der Waals surface area contributed by atoms with Crippen LogP contribution in [0.5, 0.6) is 0 Å². The van der Waals surface area contributed by atoms with Crippen molar-refractivity contribution < 1.29 is 4.79 Å². The first-order chi connectivity index (χ1) is 8.00. The van der Waals surface area contributed by atoms with E-state index in [0.29, 0.717) is 27.0 Å². The molecule has 0 unspecified atom stereocenters. The second kappa shape index (κ2) is 4.51. The van der Waals surface area contributed by atoms with E-state index in [1.54, 1.807) is 38.2 Å². The van der Waals surface area contributed by atoms with Crippen LogP contribution in [0.3, 0.4) is 0 Å². The molecular formula is C12H10Cl2N2O. The highest BCUT2D eigenvalue weighted by Gasteiger charge is 2.20. The number of hydrogen-bond donors (Lipinski definition) is 0. The maximum atomic E-state index is 12.3. The normalized spacial score (nSPS) is 10.6. The van der Waals surface area contributed by atoms with Crippen molar-refractivity contribution >= 4 is 29.0 Å². The molecule has 17 heavy (non-hydrogen) atoms. The van der Waals surface area contributed by atoms with Crippen LogP contribution in [0.2, 0.25) is 10.2 Å². The van der Waals surface area contributed by atoms with Gasteiger partial charge in [-0.05, 0) is 19.1 Å². The third kappa shape index (κ3) is 2.21. The van der Waals surface area contributed by atoms with Crippen molar-refractivity contribution in [2.24, 2.45) is 7.05 Å². The summed E-state index contributed by atoms with van der Waals surface area (Å²) in [7, 11) is 1.70. The second-order valence-corrected chi connectivity index (χ2v) is 4.51. The van der Waals surface area contributed by atoms with E-state index in [0.717, 1.165) is 0 Å². The van der Waals surface area contributed by atoms with E-state index in [1.165, 1.54) is 4.68 Å². The number of ketones is 1. The molecule has 0 saturated heterocycles. The smallest absolute Gasteiger partial charge is 0.198 e. The number of carbonyl (C=O) groups is 1. The van der Waals surface area contributed by atoms with Crippen LogP contribution in [0.4, 0.5) is 0 Å². The highest BCUT2D eigenvalue weighted by Crippen LogP contribution is 2.23. The standard InChI is InChI=1S/C12H10Cl2N2O/c1-7-10(12(14)16(2)15-7)11(17)8-4-3-5-9(13)6-8/h3-6H,1-2H3. The van der Waals surface area contributed by atoms with Crippen LogP contribution < -0.4 is 0 Å². The Bertz CT molecular complexity index is 590. The molecule has 2 aromatic rings. The predicted octanol–water partition coefficient (Wildman–Crippen LogP) is 3.27. The van der Waals surface area contributed by atoms with Gasteiger partial charge in [0.2, 0.25) is 0 Å². The van der Waals surface area contributed by atoms with Gasteiger partial charge in [0.15, 0.2) is 5.78 Å². The van der Waals surface area contributed by atoms with Crippen LogP contribution in [0, 0.1) is 6.92 Å². The van der Waals surface area contributed by atoms with Crippen molar-refractivity contribution in [2.45, 2.75) is 6.92 Å². The van der Waals surface area contributed by atoms with Gasteiger partial charge in [0.05, 0.1) is 11.3 Å². The van der Waals surface area contributed by atoms with E-state index in [2.05, 4.69) is 5.10 Å². The fourth-order valence-electron chi connectivity index (χ4n) is 1.66. The Kier molecular flexibility index (Phi) is 3.22. The molecular weight excluding hydrogens is 259 g/mol. The fourth-order valence-corrected chi connectivity index (χ4v) is 2.11. The third-order valence-electron chi connectivity index (χ3n) is 2.47. The highest BCUT2D eigenvalue weighted by molar-refractivity contribution is 6.34. The summed E-state index contributed by atoms with van der Waals surface area (Å²) in [6.07, 6.45) is 0. The Labute approximate surface area is 109 Å². The first kappa shape index (κ1) is 12.1. The summed E-state index contributed by atoms with van der Waals surface area (Å²) in [5.74, 6) is -0.164. The summed E-state index contributed by atoms with van der Waals surface area (Å²) in [6.45, 7) is 1.75. The van der Waals surface area contributed by atoms with Crippen LogP contribution in [0.15, 0.2) is 24.3 Å². The minimum absolute atomic E-state index is 0.164. The number of halogens is 2. The molecule has 1 heterocycles. The van der Waals surface area contributed by atoms with E-state index < -0.39 is 0 Å². The number of carbonyl (C=O) groups excluding carboxylic acids is 1. The van der Waals surface area contributed by atoms with E-state index in [9.17, 15) is 4.79 Å². The van der Waals surface area contributed by atoms with Crippen molar-refractivity contribution in [1.82, 2.24) is 9.78 Å². The first-order valence-corrected chi connectivity index (χ1v) is 5.75. The van der Waals surface area contributed by atoms with Gasteiger partial charge in [0.1, 0.15) is 5.15 Å². The number of nitrogens with zero attached hydrogens (tertiary/aromatic N) is 2. The Morgan fingerprint density at radius 2 is 2.06 bits per heavy atom. The molecule has 88 valence electrons. The quantitative estimate of drug-likeness (QED) is 0.784. The summed E-state index contributed by atoms with van der Waals surface area (Å²) in [6, 6.07) is 6.77. The lowest BCUT2D eigenvalue weighted by Gasteiger charge is -2.01. The summed E-state index contributed by atoms with van der Waals surface area (Å²) < 4.78 is 1.48. The zero-order chi connectivity index (χ0) is 12.6. The Hall–Kier alpha value is -1.32. The molecule has 3 nitrogen and oxygen atoms in total. The highest BCUT2D eigenvalue weighted by atomic mass is 35.5. The van der Waals surface area contributed by atoms with Crippen molar-refractivity contribution in [2.75, 3.05) is 0 Å². The summed E-state index contributed by atoms with van der Waals surface area (Å²) >= 11 is 11.9. The molecule has 0 aliphatic rings. The van der Waals surface area contributed by atoms with Gasteiger partial charge in [-0.3, -0.25) is 9.48 Å². The number of aromatic nitrogens is 2. The minimum Gasteiger partial charge on any atom is -0.288 e. The molecule has 5 heteroatoms. The van der Waals surface area contributed by atoms with Crippen LogP contribution in [-0.2, 0) is 7.05 Å². The monoisotopic (exact) mass is 268 g/mol. The molecule has 0 saturated carbocycles. The average molecular weight is 269 g/mol. The van der Waals surface area contributed by atoms with Gasteiger partial charge in [0, 0.05) is 17.6 Å². The second-order valence-electron chi connectivity index (χ2n) is 3.71. The third-order valence-corrected chi connectivity index (χ3v) is 3.13. The van der Waals surface area contributed by atoms with Crippen LogP contribution in [-0.4, -0.2) is 15.6 Å². The Balaban J connectivity index is 2.51. The lowest BCUT2D eigenvalue weighted by Crippen LogP contribution is -2.02. The average Bonchev–Trinajstić information content (AvgIpc) is 2.52. The van der Waals surface area contributed by atoms with Gasteiger partial charge < -0.3 is 0 Å². The molecule has 1 aromatic heterocycles. The maximum absolute atomic E-state index is 12.3. The van der Waals surface area contributed by atoms with Gasteiger partial charge in [-0.2, -0.15) is 5.10 Å². The van der Waals surface area contributed by atoms with Gasteiger partial charge in [-0.25, -0.2) is 0 Å². The van der Waals surface area contributed by atoms with E-state index >= 15 is 0 Å². The van der Waals surface area contributed by atoms with Crippen LogP contribution in [0.25, 0.3) is 0 Å². The van der Waals surface area contributed by atoms with Gasteiger partial charge in [0.25, 0.3) is 0 Å². The maximum Gasteiger partial charge on any atom is 0.198 e. The number of benzene rings is 1. The molecule has 0 fully saturated rings. The zero-order valence-electron chi connectivity index (χ0n) is 9.37. The van der Waals surface area contributed by atoms with Gasteiger partial charge in [-0.1, -0.05) is 35.3 Å². The van der Waals surface area contributed by atoms with E-state index in [-0.39, 0.29) is 5.78 Å². The minimum atomic E-state index is -0.164. The molecule has 0 amide bonds. The summed E-state index contributed by atoms with van der Waals surface area (Å²) in [4.78, 5) is 12.3. The van der Waals surface area contributed by atoms with Crippen LogP contribution >= 0.6 is 23.2 Å². The summed E-state index contributed by atoms with van der Waals surface area (Å²) in [5.41, 5.74) is 1.55. The van der Waals surface area contributed by atoms with Gasteiger partial charge in [-0.15, -0.1) is 0 Å². The lowest BCUT2D eigenvalue weighted by molar-refractivity contribution is 0.103.